The molecule has 1 atom stereocenters. The van der Waals surface area contributed by atoms with E-state index in [1.807, 2.05) is 37.3 Å². The fourth-order valence-corrected chi connectivity index (χ4v) is 5.76. The summed E-state index contributed by atoms with van der Waals surface area (Å²) in [6, 6.07) is 9.77. The van der Waals surface area contributed by atoms with Crippen LogP contribution in [0.1, 0.15) is 44.0 Å². The first kappa shape index (κ1) is 17.2. The summed E-state index contributed by atoms with van der Waals surface area (Å²) in [5, 5.41) is 4.50. The van der Waals surface area contributed by atoms with Gasteiger partial charge in [0.25, 0.3) is 0 Å². The average molecular weight is 347 g/mol. The zero-order chi connectivity index (χ0) is 17.3. The van der Waals surface area contributed by atoms with Gasteiger partial charge < -0.3 is 0 Å². The average Bonchev–Trinajstić information content (AvgIpc) is 2.90. The molecular formula is C18H25N3O2S. The minimum atomic E-state index is -3.52. The van der Waals surface area contributed by atoms with Crippen molar-refractivity contribution in [3.8, 4) is 5.69 Å². The Kier molecular flexibility index (Phi) is 4.78. The molecule has 1 unspecified atom stereocenters. The third-order valence-electron chi connectivity index (χ3n) is 4.84. The highest BCUT2D eigenvalue weighted by molar-refractivity contribution is 7.89. The minimum Gasteiger partial charge on any atom is -0.236 e. The molecule has 5 nitrogen and oxygen atoms in total. The third-order valence-corrected chi connectivity index (χ3v) is 7.04. The van der Waals surface area contributed by atoms with Gasteiger partial charge in [0.15, 0.2) is 0 Å². The van der Waals surface area contributed by atoms with Crippen molar-refractivity contribution in [2.45, 2.75) is 57.4 Å². The normalized spacial score (nSPS) is 19.5. The molecule has 130 valence electrons. The predicted molar refractivity (Wildman–Crippen MR) is 94.9 cm³/mol. The number of aromatic nitrogens is 2. The van der Waals surface area contributed by atoms with Crippen LogP contribution in [0.5, 0.6) is 0 Å². The summed E-state index contributed by atoms with van der Waals surface area (Å²) in [4.78, 5) is 0.367. The largest absolute Gasteiger partial charge is 0.247 e. The molecule has 6 heteroatoms. The van der Waals surface area contributed by atoms with Gasteiger partial charge in [-0.25, -0.2) is 13.1 Å². The number of para-hydroxylation sites is 1. The van der Waals surface area contributed by atoms with E-state index >= 15 is 0 Å². The number of rotatable bonds is 4. The Labute approximate surface area is 144 Å². The van der Waals surface area contributed by atoms with Crippen molar-refractivity contribution in [1.29, 1.82) is 0 Å². The highest BCUT2D eigenvalue weighted by Crippen LogP contribution is 2.31. The number of aryl methyl sites for hydroxylation is 1. The highest BCUT2D eigenvalue weighted by Gasteiger charge is 2.36. The van der Waals surface area contributed by atoms with Crippen molar-refractivity contribution < 1.29 is 8.42 Å². The summed E-state index contributed by atoms with van der Waals surface area (Å²) in [7, 11) is -3.52. The Balaban J connectivity index is 2.07. The molecule has 1 saturated heterocycles. The molecule has 24 heavy (non-hydrogen) atoms. The molecule has 0 bridgehead atoms. The van der Waals surface area contributed by atoms with E-state index in [-0.39, 0.29) is 6.04 Å². The smallest absolute Gasteiger partial charge is 0.236 e. The summed E-state index contributed by atoms with van der Waals surface area (Å²) in [5.41, 5.74) is 2.13. The van der Waals surface area contributed by atoms with Gasteiger partial charge in [0.05, 0.1) is 17.1 Å². The molecule has 0 radical (unpaired) electrons. The Hall–Kier alpha value is -1.66. The van der Waals surface area contributed by atoms with E-state index in [1.54, 1.807) is 15.9 Å². The van der Waals surface area contributed by atoms with Crippen molar-refractivity contribution in [2.24, 2.45) is 0 Å². The predicted octanol–water partition coefficient (Wildman–Crippen LogP) is 3.44. The van der Waals surface area contributed by atoms with Crippen LogP contribution < -0.4 is 0 Å². The van der Waals surface area contributed by atoms with Crippen LogP contribution in [0.15, 0.2) is 35.2 Å². The van der Waals surface area contributed by atoms with Crippen molar-refractivity contribution in [2.75, 3.05) is 6.54 Å². The maximum Gasteiger partial charge on any atom is 0.247 e. The number of hydrogen-bond donors (Lipinski definition) is 0. The van der Waals surface area contributed by atoms with Gasteiger partial charge in [-0.05, 0) is 45.2 Å². The molecule has 1 aromatic carbocycles. The Morgan fingerprint density at radius 1 is 1.17 bits per heavy atom. The second kappa shape index (κ2) is 6.69. The first-order valence-corrected chi connectivity index (χ1v) is 10.0. The van der Waals surface area contributed by atoms with Gasteiger partial charge >= 0.3 is 0 Å². The Morgan fingerprint density at radius 3 is 2.54 bits per heavy atom. The number of hydrogen-bond acceptors (Lipinski definition) is 3. The lowest BCUT2D eigenvalue weighted by Crippen LogP contribution is -2.43. The van der Waals surface area contributed by atoms with Crippen LogP contribution in [-0.4, -0.2) is 35.1 Å². The van der Waals surface area contributed by atoms with Gasteiger partial charge in [0, 0.05) is 12.6 Å². The number of nitrogens with zero attached hydrogens (tertiary/aromatic N) is 3. The van der Waals surface area contributed by atoms with Gasteiger partial charge in [-0.15, -0.1) is 0 Å². The third kappa shape index (κ3) is 2.89. The summed E-state index contributed by atoms with van der Waals surface area (Å²) >= 11 is 0. The fourth-order valence-electron chi connectivity index (χ4n) is 3.64. The van der Waals surface area contributed by atoms with Gasteiger partial charge in [0.2, 0.25) is 10.0 Å². The molecule has 0 aliphatic carbocycles. The number of benzene rings is 1. The van der Waals surface area contributed by atoms with Crippen LogP contribution in [0, 0.1) is 13.8 Å². The van der Waals surface area contributed by atoms with Crippen LogP contribution in [0.2, 0.25) is 0 Å². The molecule has 1 aliphatic rings. The van der Waals surface area contributed by atoms with Crippen molar-refractivity contribution in [1.82, 2.24) is 14.1 Å². The lowest BCUT2D eigenvalue weighted by Gasteiger charge is -2.34. The van der Waals surface area contributed by atoms with Crippen molar-refractivity contribution in [3.05, 3.63) is 41.7 Å². The van der Waals surface area contributed by atoms with Gasteiger partial charge in [-0.1, -0.05) is 31.5 Å². The lowest BCUT2D eigenvalue weighted by molar-refractivity contribution is 0.246. The molecule has 0 spiro atoms. The maximum absolute atomic E-state index is 13.3. The molecule has 2 heterocycles. The molecule has 0 amide bonds. The second-order valence-electron chi connectivity index (χ2n) is 6.42. The fraction of sp³-hybridized carbons (Fsp3) is 0.500. The first-order valence-electron chi connectivity index (χ1n) is 8.60. The SMILES string of the molecule is CCC1CCCCN1S(=O)(=O)c1c(C)nn(-c2ccccc2)c1C. The van der Waals surface area contributed by atoms with Crippen LogP contribution in [-0.2, 0) is 10.0 Å². The van der Waals surface area contributed by atoms with Crippen LogP contribution in [0.4, 0.5) is 0 Å². The monoisotopic (exact) mass is 347 g/mol. The molecule has 0 saturated carbocycles. The van der Waals surface area contributed by atoms with E-state index in [4.69, 9.17) is 0 Å². The first-order chi connectivity index (χ1) is 11.5. The van der Waals surface area contributed by atoms with Gasteiger partial charge in [-0.3, -0.25) is 0 Å². The highest BCUT2D eigenvalue weighted by atomic mass is 32.2. The summed E-state index contributed by atoms with van der Waals surface area (Å²) in [6.45, 7) is 6.29. The summed E-state index contributed by atoms with van der Waals surface area (Å²) in [5.74, 6) is 0. The number of sulfonamides is 1. The van der Waals surface area contributed by atoms with E-state index in [9.17, 15) is 8.42 Å². The molecule has 2 aromatic rings. The van der Waals surface area contributed by atoms with Gasteiger partial charge in [0.1, 0.15) is 4.90 Å². The van der Waals surface area contributed by atoms with E-state index in [1.165, 1.54) is 0 Å². The molecule has 1 aromatic heterocycles. The van der Waals surface area contributed by atoms with Crippen LogP contribution in [0.3, 0.4) is 0 Å². The summed E-state index contributed by atoms with van der Waals surface area (Å²) in [6.07, 6.45) is 3.83. The zero-order valence-corrected chi connectivity index (χ0v) is 15.4. The van der Waals surface area contributed by atoms with Crippen molar-refractivity contribution in [3.63, 3.8) is 0 Å². The Morgan fingerprint density at radius 2 is 1.88 bits per heavy atom. The van der Waals surface area contributed by atoms with E-state index in [0.29, 0.717) is 22.8 Å². The Bertz CT molecular complexity index is 812. The maximum atomic E-state index is 13.3. The molecule has 1 fully saturated rings. The van der Waals surface area contributed by atoms with Gasteiger partial charge in [-0.2, -0.15) is 9.40 Å². The second-order valence-corrected chi connectivity index (χ2v) is 8.25. The summed E-state index contributed by atoms with van der Waals surface area (Å²) < 4.78 is 30.1. The minimum absolute atomic E-state index is 0.0997. The topological polar surface area (TPSA) is 55.2 Å². The molecule has 0 N–H and O–H groups in total. The van der Waals surface area contributed by atoms with E-state index < -0.39 is 10.0 Å². The van der Waals surface area contributed by atoms with Crippen molar-refractivity contribution >= 4 is 10.0 Å². The molecule has 1 aliphatic heterocycles. The molecule has 3 rings (SSSR count). The van der Waals surface area contributed by atoms with Crippen LogP contribution >= 0.6 is 0 Å². The van der Waals surface area contributed by atoms with E-state index in [0.717, 1.165) is 31.4 Å². The number of piperidine rings is 1. The van der Waals surface area contributed by atoms with E-state index in [2.05, 4.69) is 12.0 Å². The lowest BCUT2D eigenvalue weighted by atomic mass is 10.0. The van der Waals surface area contributed by atoms with Crippen LogP contribution in [0.25, 0.3) is 5.69 Å². The quantitative estimate of drug-likeness (QED) is 0.851. The zero-order valence-electron chi connectivity index (χ0n) is 14.6. The molecular weight excluding hydrogens is 322 g/mol. The standard InChI is InChI=1S/C18H25N3O2S/c1-4-16-10-8-9-13-20(16)24(22,23)18-14(2)19-21(15(18)3)17-11-6-5-7-12-17/h5-7,11-12,16H,4,8-10,13H2,1-3H3.